The van der Waals surface area contributed by atoms with Crippen molar-refractivity contribution in [1.29, 1.82) is 0 Å². The number of anilines is 1. The Hall–Kier alpha value is -3.65. The van der Waals surface area contributed by atoms with Crippen molar-refractivity contribution >= 4 is 28.5 Å². The summed E-state index contributed by atoms with van der Waals surface area (Å²) in [5, 5.41) is 3.46. The Morgan fingerprint density at radius 1 is 1.06 bits per heavy atom. The van der Waals surface area contributed by atoms with Crippen molar-refractivity contribution in [2.24, 2.45) is 0 Å². The summed E-state index contributed by atoms with van der Waals surface area (Å²) in [7, 11) is 0. The zero-order valence-electron chi connectivity index (χ0n) is 17.3. The molecular weight excluding hydrogens is 402 g/mol. The quantitative estimate of drug-likeness (QED) is 0.319. The molecule has 0 bridgehead atoms. The monoisotopic (exact) mass is 425 g/mol. The van der Waals surface area contributed by atoms with Crippen molar-refractivity contribution in [2.45, 2.75) is 13.8 Å². The number of fused-ring (bicyclic) bond motifs is 1. The van der Waals surface area contributed by atoms with E-state index in [1.165, 1.54) is 12.1 Å². The van der Waals surface area contributed by atoms with Gasteiger partial charge in [-0.1, -0.05) is 6.07 Å². The van der Waals surface area contributed by atoms with Crippen LogP contribution in [0.5, 0.6) is 5.75 Å². The van der Waals surface area contributed by atoms with Crippen molar-refractivity contribution in [3.63, 3.8) is 0 Å². The molecule has 0 saturated carbocycles. The molecule has 0 aliphatic carbocycles. The Morgan fingerprint density at radius 3 is 2.71 bits per heavy atom. The van der Waals surface area contributed by atoms with E-state index in [9.17, 15) is 14.4 Å². The molecule has 8 nitrogen and oxygen atoms in total. The van der Waals surface area contributed by atoms with Crippen LogP contribution in [-0.2, 0) is 14.3 Å². The first-order valence-electron chi connectivity index (χ1n) is 9.78. The zero-order valence-corrected chi connectivity index (χ0v) is 17.3. The molecule has 0 spiro atoms. The van der Waals surface area contributed by atoms with Crippen LogP contribution in [-0.4, -0.2) is 38.3 Å². The lowest BCUT2D eigenvalue weighted by Crippen LogP contribution is -2.20. The summed E-state index contributed by atoms with van der Waals surface area (Å²) in [6.07, 6.45) is 0. The van der Waals surface area contributed by atoms with Gasteiger partial charge >= 0.3 is 11.6 Å². The molecule has 0 saturated heterocycles. The van der Waals surface area contributed by atoms with Crippen LogP contribution in [0.15, 0.2) is 57.7 Å². The third kappa shape index (κ3) is 6.16. The van der Waals surface area contributed by atoms with Crippen molar-refractivity contribution in [2.75, 3.05) is 31.7 Å². The Labute approximate surface area is 178 Å². The van der Waals surface area contributed by atoms with E-state index in [0.717, 1.165) is 10.9 Å². The lowest BCUT2D eigenvalue weighted by Gasteiger charge is -2.10. The molecule has 162 valence electrons. The molecule has 31 heavy (non-hydrogen) atoms. The highest BCUT2D eigenvalue weighted by Crippen LogP contribution is 2.22. The highest BCUT2D eigenvalue weighted by atomic mass is 16.6. The third-order valence-electron chi connectivity index (χ3n) is 4.34. The molecule has 8 heteroatoms. The van der Waals surface area contributed by atoms with E-state index < -0.39 is 17.5 Å². The zero-order chi connectivity index (χ0) is 22.2. The largest absolute Gasteiger partial charge is 0.484 e. The van der Waals surface area contributed by atoms with E-state index in [4.69, 9.17) is 18.6 Å². The van der Waals surface area contributed by atoms with Crippen LogP contribution < -0.4 is 15.7 Å². The number of ether oxygens (including phenoxy) is 3. The summed E-state index contributed by atoms with van der Waals surface area (Å²) >= 11 is 0. The maximum Gasteiger partial charge on any atom is 0.338 e. The first kappa shape index (κ1) is 22.0. The third-order valence-corrected chi connectivity index (χ3v) is 4.34. The van der Waals surface area contributed by atoms with Gasteiger partial charge in [0.15, 0.2) is 6.61 Å². The van der Waals surface area contributed by atoms with E-state index in [2.05, 4.69) is 5.32 Å². The number of benzene rings is 2. The van der Waals surface area contributed by atoms with Gasteiger partial charge in [0.25, 0.3) is 5.91 Å². The molecule has 0 aliphatic rings. The lowest BCUT2D eigenvalue weighted by molar-refractivity contribution is -0.118. The molecule has 0 atom stereocenters. The minimum Gasteiger partial charge on any atom is -0.484 e. The van der Waals surface area contributed by atoms with Gasteiger partial charge in [-0.25, -0.2) is 9.59 Å². The number of carbonyl (C=O) groups is 2. The Kier molecular flexibility index (Phi) is 7.40. The van der Waals surface area contributed by atoms with E-state index in [0.29, 0.717) is 35.8 Å². The summed E-state index contributed by atoms with van der Waals surface area (Å²) in [4.78, 5) is 35.8. The van der Waals surface area contributed by atoms with Crippen molar-refractivity contribution in [3.8, 4) is 5.75 Å². The number of amides is 1. The van der Waals surface area contributed by atoms with Crippen LogP contribution in [0.1, 0.15) is 22.8 Å². The van der Waals surface area contributed by atoms with Crippen molar-refractivity contribution in [3.05, 3.63) is 70.1 Å². The normalized spacial score (nSPS) is 10.6. The minimum absolute atomic E-state index is 0.155. The fourth-order valence-corrected chi connectivity index (χ4v) is 2.89. The maximum absolute atomic E-state index is 12.2. The topological polar surface area (TPSA) is 104 Å². The summed E-state index contributed by atoms with van der Waals surface area (Å²) in [6, 6.07) is 12.9. The summed E-state index contributed by atoms with van der Waals surface area (Å²) in [5.74, 6) is -0.518. The van der Waals surface area contributed by atoms with Crippen LogP contribution in [0, 0.1) is 6.92 Å². The SMILES string of the molecule is CCOCCOC(=O)c1cccc(NC(=O)COc2ccc3c(C)cc(=O)oc3c2)c1. The Balaban J connectivity index is 1.57. The number of rotatable bonds is 9. The van der Waals surface area contributed by atoms with Gasteiger partial charge in [0, 0.05) is 29.8 Å². The second kappa shape index (κ2) is 10.4. The van der Waals surface area contributed by atoms with Gasteiger partial charge in [0.05, 0.1) is 12.2 Å². The smallest absolute Gasteiger partial charge is 0.338 e. The van der Waals surface area contributed by atoms with Crippen molar-refractivity contribution in [1.82, 2.24) is 0 Å². The molecular formula is C23H23NO7. The molecule has 1 aromatic heterocycles. The molecule has 3 aromatic rings. The average molecular weight is 425 g/mol. The number of esters is 1. The molecule has 1 amide bonds. The number of hydrogen-bond acceptors (Lipinski definition) is 7. The number of hydrogen-bond donors (Lipinski definition) is 1. The van der Waals surface area contributed by atoms with Gasteiger partial charge in [-0.15, -0.1) is 0 Å². The molecule has 3 rings (SSSR count). The molecule has 0 aliphatic heterocycles. The predicted octanol–water partition coefficient (Wildman–Crippen LogP) is 3.31. The van der Waals surface area contributed by atoms with Crippen LogP contribution in [0.4, 0.5) is 5.69 Å². The molecule has 1 N–H and O–H groups in total. The van der Waals surface area contributed by atoms with Gasteiger partial charge < -0.3 is 23.9 Å². The average Bonchev–Trinajstić information content (AvgIpc) is 2.75. The van der Waals surface area contributed by atoms with E-state index in [-0.39, 0.29) is 13.2 Å². The second-order valence-electron chi connectivity index (χ2n) is 6.66. The first-order valence-corrected chi connectivity index (χ1v) is 9.78. The second-order valence-corrected chi connectivity index (χ2v) is 6.66. The summed E-state index contributed by atoms with van der Waals surface area (Å²) < 4.78 is 20.9. The molecule has 2 aromatic carbocycles. The highest BCUT2D eigenvalue weighted by Gasteiger charge is 2.10. The number of carbonyl (C=O) groups excluding carboxylic acids is 2. The lowest BCUT2D eigenvalue weighted by atomic mass is 10.1. The maximum atomic E-state index is 12.2. The molecule has 0 radical (unpaired) electrons. The standard InChI is InChI=1S/C23H23NO7/c1-3-28-9-10-29-23(27)16-5-4-6-17(12-16)24-21(25)14-30-18-7-8-19-15(2)11-22(26)31-20(19)13-18/h4-8,11-13H,3,9-10,14H2,1-2H3,(H,24,25). The highest BCUT2D eigenvalue weighted by molar-refractivity contribution is 5.95. The fraction of sp³-hybridized carbons (Fsp3) is 0.261. The van der Waals surface area contributed by atoms with Crippen LogP contribution in [0.3, 0.4) is 0 Å². The van der Waals surface area contributed by atoms with Gasteiger partial charge in [-0.05, 0) is 49.7 Å². The first-order chi connectivity index (χ1) is 15.0. The summed E-state index contributed by atoms with van der Waals surface area (Å²) in [6.45, 7) is 4.45. The van der Waals surface area contributed by atoms with Crippen LogP contribution >= 0.6 is 0 Å². The van der Waals surface area contributed by atoms with Crippen LogP contribution in [0.2, 0.25) is 0 Å². The predicted molar refractivity (Wildman–Crippen MR) is 115 cm³/mol. The van der Waals surface area contributed by atoms with E-state index >= 15 is 0 Å². The fourth-order valence-electron chi connectivity index (χ4n) is 2.89. The minimum atomic E-state index is -0.500. The van der Waals surface area contributed by atoms with Crippen LogP contribution in [0.25, 0.3) is 11.0 Å². The Morgan fingerprint density at radius 2 is 1.90 bits per heavy atom. The summed E-state index contributed by atoms with van der Waals surface area (Å²) in [5.41, 5.74) is 1.49. The van der Waals surface area contributed by atoms with Gasteiger partial charge in [0.2, 0.25) is 0 Å². The number of aryl methyl sites for hydroxylation is 1. The van der Waals surface area contributed by atoms with E-state index in [1.807, 2.05) is 13.8 Å². The number of nitrogens with one attached hydrogen (secondary N) is 1. The molecule has 0 fully saturated rings. The Bertz CT molecular complexity index is 1140. The van der Waals surface area contributed by atoms with Gasteiger partial charge in [-0.2, -0.15) is 0 Å². The van der Waals surface area contributed by atoms with E-state index in [1.54, 1.807) is 36.4 Å². The van der Waals surface area contributed by atoms with Crippen molar-refractivity contribution < 1.29 is 28.2 Å². The van der Waals surface area contributed by atoms with Gasteiger partial charge in [0.1, 0.15) is 17.9 Å². The molecule has 1 heterocycles. The van der Waals surface area contributed by atoms with Gasteiger partial charge in [-0.3, -0.25) is 4.79 Å². The molecule has 0 unspecified atom stereocenters.